The molecule has 0 bridgehead atoms. The maximum Gasteiger partial charge on any atom is 0.348 e. The molecule has 0 aromatic carbocycles. The number of morpholine rings is 1. The number of amides is 1. The normalized spacial score (nSPS) is 18.1. The molecule has 29 heavy (non-hydrogen) atoms. The molecule has 2 fully saturated rings. The molecule has 0 radical (unpaired) electrons. The largest absolute Gasteiger partial charge is 0.462 e. The predicted molar refractivity (Wildman–Crippen MR) is 109 cm³/mol. The summed E-state index contributed by atoms with van der Waals surface area (Å²) in [5.74, 6) is 1.04. The minimum atomic E-state index is -0.343. The number of aryl methyl sites for hydroxylation is 1. The predicted octanol–water partition coefficient (Wildman–Crippen LogP) is 0.945. The molecule has 10 heteroatoms. The number of carbonyl (C=O) groups is 2. The third-order valence-electron chi connectivity index (χ3n) is 5.08. The van der Waals surface area contributed by atoms with Gasteiger partial charge in [0.25, 0.3) is 0 Å². The van der Waals surface area contributed by atoms with Crippen LogP contribution in [0.15, 0.2) is 0 Å². The molecule has 0 spiro atoms. The molecule has 9 nitrogen and oxygen atoms in total. The lowest BCUT2D eigenvalue weighted by atomic mass is 10.2. The Labute approximate surface area is 173 Å². The van der Waals surface area contributed by atoms with Crippen molar-refractivity contribution in [1.82, 2.24) is 20.2 Å². The van der Waals surface area contributed by atoms with Gasteiger partial charge in [-0.25, -0.2) is 14.8 Å². The van der Waals surface area contributed by atoms with Gasteiger partial charge >= 0.3 is 5.97 Å². The van der Waals surface area contributed by atoms with Crippen molar-refractivity contribution in [3.05, 3.63) is 16.3 Å². The van der Waals surface area contributed by atoms with Crippen LogP contribution in [0.1, 0.15) is 28.0 Å². The molecular weight excluding hydrogens is 394 g/mol. The molecule has 0 saturated carbocycles. The molecule has 2 aliphatic rings. The van der Waals surface area contributed by atoms with E-state index in [9.17, 15) is 9.59 Å². The Morgan fingerprint density at radius 1 is 1.28 bits per heavy atom. The highest BCUT2D eigenvalue weighted by Gasteiger charge is 2.27. The van der Waals surface area contributed by atoms with Gasteiger partial charge in [-0.1, -0.05) is 0 Å². The second-order valence-electron chi connectivity index (χ2n) is 7.08. The summed E-state index contributed by atoms with van der Waals surface area (Å²) in [7, 11) is 0. The molecular formula is C19H25N5O4S. The van der Waals surface area contributed by atoms with Crippen LogP contribution in [0.3, 0.4) is 0 Å². The van der Waals surface area contributed by atoms with Crippen molar-refractivity contribution in [3.63, 3.8) is 0 Å². The molecule has 0 aliphatic carbocycles. The van der Waals surface area contributed by atoms with E-state index in [0.717, 1.165) is 34.7 Å². The molecule has 2 aliphatic heterocycles. The first-order valence-electron chi connectivity index (χ1n) is 9.85. The molecule has 4 heterocycles. The second-order valence-corrected chi connectivity index (χ2v) is 8.08. The Bertz CT molecular complexity index is 925. The fourth-order valence-electron chi connectivity index (χ4n) is 3.63. The number of hydrogen-bond donors (Lipinski definition) is 1. The number of hydrogen-bond acceptors (Lipinski definition) is 9. The topological polar surface area (TPSA) is 96.9 Å². The number of rotatable bonds is 5. The summed E-state index contributed by atoms with van der Waals surface area (Å²) < 4.78 is 10.6. The maximum atomic E-state index is 12.4. The Balaban J connectivity index is 1.77. The number of anilines is 1. The summed E-state index contributed by atoms with van der Waals surface area (Å²) in [4.78, 5) is 39.5. The molecule has 1 amide bonds. The first-order chi connectivity index (χ1) is 14.1. The van der Waals surface area contributed by atoms with Crippen molar-refractivity contribution in [2.75, 3.05) is 57.4 Å². The Morgan fingerprint density at radius 3 is 2.79 bits per heavy atom. The molecule has 0 atom stereocenters. The van der Waals surface area contributed by atoms with Crippen LogP contribution in [0, 0.1) is 6.92 Å². The molecule has 2 aromatic rings. The van der Waals surface area contributed by atoms with Crippen molar-refractivity contribution in [3.8, 4) is 0 Å². The SMILES string of the molecule is CCOC(=O)c1sc2nc(CN3CCOCC3)nc(N3CCNC(=O)C3)c2c1C. The lowest BCUT2D eigenvalue weighted by molar-refractivity contribution is -0.120. The van der Waals surface area contributed by atoms with Crippen LogP contribution in [0.25, 0.3) is 10.2 Å². The highest BCUT2D eigenvalue weighted by molar-refractivity contribution is 7.20. The van der Waals surface area contributed by atoms with Crippen LogP contribution in [0.5, 0.6) is 0 Å². The highest BCUT2D eigenvalue weighted by atomic mass is 32.1. The number of thiophene rings is 1. The van der Waals surface area contributed by atoms with Gasteiger partial charge in [0.2, 0.25) is 5.91 Å². The van der Waals surface area contributed by atoms with E-state index in [2.05, 4.69) is 10.2 Å². The van der Waals surface area contributed by atoms with E-state index in [1.54, 1.807) is 6.92 Å². The van der Waals surface area contributed by atoms with Gasteiger partial charge in [0.1, 0.15) is 21.3 Å². The molecule has 1 N–H and O–H groups in total. The van der Waals surface area contributed by atoms with Crippen LogP contribution < -0.4 is 10.2 Å². The van der Waals surface area contributed by atoms with E-state index in [1.807, 2.05) is 11.8 Å². The van der Waals surface area contributed by atoms with Gasteiger partial charge in [-0.15, -0.1) is 11.3 Å². The lowest BCUT2D eigenvalue weighted by Crippen LogP contribution is -2.48. The zero-order valence-corrected chi connectivity index (χ0v) is 17.5. The standard InChI is InChI=1S/C19H25N5O4S/c1-3-28-19(26)16-12(2)15-17(24-5-4-20-14(25)11-24)21-13(22-18(15)29-16)10-23-6-8-27-9-7-23/h3-11H2,1-2H3,(H,20,25). The number of piperazine rings is 1. The first kappa shape index (κ1) is 20.0. The Kier molecular flexibility index (Phi) is 5.93. The van der Waals surface area contributed by atoms with E-state index in [4.69, 9.17) is 19.4 Å². The third kappa shape index (κ3) is 4.19. The highest BCUT2D eigenvalue weighted by Crippen LogP contribution is 2.36. The van der Waals surface area contributed by atoms with Gasteiger partial charge in [-0.2, -0.15) is 0 Å². The van der Waals surface area contributed by atoms with E-state index in [-0.39, 0.29) is 18.4 Å². The quantitative estimate of drug-likeness (QED) is 0.716. The van der Waals surface area contributed by atoms with Crippen LogP contribution in [-0.4, -0.2) is 79.3 Å². The number of nitrogens with one attached hydrogen (secondary N) is 1. The second kappa shape index (κ2) is 8.60. The molecule has 0 unspecified atom stereocenters. The monoisotopic (exact) mass is 419 g/mol. The average Bonchev–Trinajstić information content (AvgIpc) is 3.05. The molecule has 2 aromatic heterocycles. The number of ether oxygens (including phenoxy) is 2. The number of aromatic nitrogens is 2. The number of carbonyl (C=O) groups excluding carboxylic acids is 2. The van der Waals surface area contributed by atoms with Crippen molar-refractivity contribution >= 4 is 39.2 Å². The van der Waals surface area contributed by atoms with Gasteiger partial charge in [-0.3, -0.25) is 9.69 Å². The summed E-state index contributed by atoms with van der Waals surface area (Å²) in [5.41, 5.74) is 0.808. The summed E-state index contributed by atoms with van der Waals surface area (Å²) >= 11 is 1.33. The Morgan fingerprint density at radius 2 is 2.07 bits per heavy atom. The summed E-state index contributed by atoms with van der Waals surface area (Å²) in [6.45, 7) is 9.16. The third-order valence-corrected chi connectivity index (χ3v) is 6.25. The van der Waals surface area contributed by atoms with Gasteiger partial charge in [0.05, 0.1) is 38.3 Å². The van der Waals surface area contributed by atoms with Crippen LogP contribution >= 0.6 is 11.3 Å². The van der Waals surface area contributed by atoms with E-state index in [1.165, 1.54) is 11.3 Å². The minimum absolute atomic E-state index is 0.0313. The van der Waals surface area contributed by atoms with Gasteiger partial charge in [-0.05, 0) is 19.4 Å². The molecule has 2 saturated heterocycles. The van der Waals surface area contributed by atoms with Gasteiger partial charge in [0, 0.05) is 26.2 Å². The number of esters is 1. The fourth-order valence-corrected chi connectivity index (χ4v) is 4.72. The minimum Gasteiger partial charge on any atom is -0.462 e. The van der Waals surface area contributed by atoms with Crippen molar-refractivity contribution in [2.24, 2.45) is 0 Å². The van der Waals surface area contributed by atoms with Crippen molar-refractivity contribution in [2.45, 2.75) is 20.4 Å². The van der Waals surface area contributed by atoms with Crippen LogP contribution in [-0.2, 0) is 20.8 Å². The zero-order valence-electron chi connectivity index (χ0n) is 16.7. The van der Waals surface area contributed by atoms with Crippen LogP contribution in [0.4, 0.5) is 5.82 Å². The van der Waals surface area contributed by atoms with Crippen molar-refractivity contribution < 1.29 is 19.1 Å². The van der Waals surface area contributed by atoms with Gasteiger partial charge in [0.15, 0.2) is 0 Å². The zero-order chi connectivity index (χ0) is 20.4. The smallest absolute Gasteiger partial charge is 0.348 e. The van der Waals surface area contributed by atoms with Crippen molar-refractivity contribution in [1.29, 1.82) is 0 Å². The lowest BCUT2D eigenvalue weighted by Gasteiger charge is -2.29. The average molecular weight is 420 g/mol. The summed E-state index contributed by atoms with van der Waals surface area (Å²) in [5, 5.41) is 3.68. The van der Waals surface area contributed by atoms with E-state index in [0.29, 0.717) is 50.2 Å². The van der Waals surface area contributed by atoms with E-state index < -0.39 is 0 Å². The number of fused-ring (bicyclic) bond motifs is 1. The fraction of sp³-hybridized carbons (Fsp3) is 0.579. The maximum absolute atomic E-state index is 12.4. The van der Waals surface area contributed by atoms with Gasteiger partial charge < -0.3 is 19.7 Å². The number of nitrogens with zero attached hydrogens (tertiary/aromatic N) is 4. The van der Waals surface area contributed by atoms with E-state index >= 15 is 0 Å². The first-order valence-corrected chi connectivity index (χ1v) is 10.7. The molecule has 156 valence electrons. The van der Waals surface area contributed by atoms with Crippen LogP contribution in [0.2, 0.25) is 0 Å². The Hall–Kier alpha value is -2.30. The molecule has 4 rings (SSSR count). The summed E-state index contributed by atoms with van der Waals surface area (Å²) in [6, 6.07) is 0. The summed E-state index contributed by atoms with van der Waals surface area (Å²) in [6.07, 6.45) is 0.